The summed E-state index contributed by atoms with van der Waals surface area (Å²) < 4.78 is 16.8. The first-order valence-corrected chi connectivity index (χ1v) is 8.41. The minimum atomic E-state index is 0.293. The molecule has 0 amide bonds. The van der Waals surface area contributed by atoms with Gasteiger partial charge in [-0.2, -0.15) is 4.98 Å². The second-order valence-corrected chi connectivity index (χ2v) is 5.94. The van der Waals surface area contributed by atoms with Crippen LogP contribution in [0, 0.1) is 0 Å². The number of nitrogens with zero attached hydrogens (tertiary/aromatic N) is 1. The van der Waals surface area contributed by atoms with Crippen LogP contribution in [0.5, 0.6) is 23.1 Å². The maximum absolute atomic E-state index is 6.11. The van der Waals surface area contributed by atoms with E-state index in [-0.39, 0.29) is 0 Å². The number of rotatable bonds is 7. The van der Waals surface area contributed by atoms with Crippen molar-refractivity contribution >= 4 is 11.5 Å². The Bertz CT molecular complexity index is 836. The first-order valence-electron chi connectivity index (χ1n) is 8.41. The highest BCUT2D eigenvalue weighted by Crippen LogP contribution is 2.45. The van der Waals surface area contributed by atoms with Crippen LogP contribution in [-0.4, -0.2) is 25.7 Å². The summed E-state index contributed by atoms with van der Waals surface area (Å²) in [7, 11) is 3.20. The molecule has 2 heterocycles. The monoisotopic (exact) mass is 356 g/mol. The average Bonchev–Trinajstić information content (AvgIpc) is 2.65. The van der Waals surface area contributed by atoms with Crippen molar-refractivity contribution in [1.29, 1.82) is 0 Å². The quantitative estimate of drug-likeness (QED) is 0.441. The molecule has 0 saturated heterocycles. The van der Waals surface area contributed by atoms with Crippen LogP contribution in [0.25, 0.3) is 0 Å². The second kappa shape index (κ2) is 7.53. The Morgan fingerprint density at radius 1 is 1.31 bits per heavy atom. The van der Waals surface area contributed by atoms with Crippen molar-refractivity contribution in [3.8, 4) is 23.1 Å². The Hall–Kier alpha value is -2.93. The zero-order valence-electron chi connectivity index (χ0n) is 15.1. The number of hydrogen-bond acceptors (Lipinski definition) is 7. The number of pyridine rings is 1. The van der Waals surface area contributed by atoms with Crippen LogP contribution >= 0.6 is 0 Å². The first-order chi connectivity index (χ1) is 12.6. The van der Waals surface area contributed by atoms with Crippen molar-refractivity contribution in [1.82, 2.24) is 4.98 Å². The third-order valence-electron chi connectivity index (χ3n) is 4.39. The summed E-state index contributed by atoms with van der Waals surface area (Å²) in [5.74, 6) is 2.80. The molecule has 26 heavy (non-hydrogen) atoms. The van der Waals surface area contributed by atoms with Crippen LogP contribution in [-0.2, 0) is 13.0 Å². The van der Waals surface area contributed by atoms with Gasteiger partial charge in [-0.15, -0.1) is 6.58 Å². The lowest BCUT2D eigenvalue weighted by Crippen LogP contribution is -2.16. The molecule has 0 unspecified atom stereocenters. The van der Waals surface area contributed by atoms with Gasteiger partial charge in [-0.25, -0.2) is 0 Å². The lowest BCUT2D eigenvalue weighted by Gasteiger charge is -2.25. The molecule has 7 nitrogen and oxygen atoms in total. The number of aromatic nitrogens is 1. The van der Waals surface area contributed by atoms with Gasteiger partial charge in [0.25, 0.3) is 0 Å². The lowest BCUT2D eigenvalue weighted by atomic mass is 9.98. The summed E-state index contributed by atoms with van der Waals surface area (Å²) in [6.45, 7) is 4.77. The molecule has 1 aromatic carbocycles. The van der Waals surface area contributed by atoms with Crippen LogP contribution < -0.4 is 31.0 Å². The Morgan fingerprint density at radius 3 is 2.69 bits per heavy atom. The molecular formula is C19H24N4O3. The molecule has 1 aromatic heterocycles. The van der Waals surface area contributed by atoms with E-state index < -0.39 is 0 Å². The van der Waals surface area contributed by atoms with E-state index in [4.69, 9.17) is 25.7 Å². The minimum absolute atomic E-state index is 0.293. The van der Waals surface area contributed by atoms with Crippen LogP contribution in [0.4, 0.5) is 11.5 Å². The number of benzene rings is 1. The molecule has 0 radical (unpaired) electrons. The van der Waals surface area contributed by atoms with E-state index in [2.05, 4.69) is 16.9 Å². The molecule has 0 atom stereocenters. The standard InChI is InChI=1S/C19H24N4O3/c1-4-5-6-22-17-12-7-11-8-15(24-2)16(25-3)9-14(11)26-19(12)23-18(21)13(17)10-20/h4,8-9H,1,5-7,10,20H2,2-3H3,(H3,21,22,23). The van der Waals surface area contributed by atoms with Gasteiger partial charge in [-0.3, -0.25) is 0 Å². The van der Waals surface area contributed by atoms with E-state index in [0.29, 0.717) is 41.9 Å². The molecular weight excluding hydrogens is 332 g/mol. The Kier molecular flexibility index (Phi) is 5.18. The van der Waals surface area contributed by atoms with E-state index in [1.807, 2.05) is 12.1 Å². The van der Waals surface area contributed by atoms with Crippen LogP contribution in [0.15, 0.2) is 24.8 Å². The zero-order valence-corrected chi connectivity index (χ0v) is 15.1. The third kappa shape index (κ3) is 3.13. The van der Waals surface area contributed by atoms with Crippen molar-refractivity contribution < 1.29 is 14.2 Å². The van der Waals surface area contributed by atoms with Gasteiger partial charge in [0.1, 0.15) is 11.6 Å². The number of nitrogen functional groups attached to an aromatic ring is 1. The average molecular weight is 356 g/mol. The van der Waals surface area contributed by atoms with Crippen molar-refractivity contribution in [2.24, 2.45) is 5.73 Å². The van der Waals surface area contributed by atoms with Crippen molar-refractivity contribution in [3.05, 3.63) is 41.5 Å². The number of hydrogen-bond donors (Lipinski definition) is 3. The molecule has 0 bridgehead atoms. The molecule has 7 heteroatoms. The molecule has 5 N–H and O–H groups in total. The Labute approximate surface area is 153 Å². The molecule has 0 spiro atoms. The summed E-state index contributed by atoms with van der Waals surface area (Å²) in [6, 6.07) is 3.72. The third-order valence-corrected chi connectivity index (χ3v) is 4.39. The predicted molar refractivity (Wildman–Crippen MR) is 102 cm³/mol. The van der Waals surface area contributed by atoms with E-state index in [1.165, 1.54) is 0 Å². The molecule has 0 aliphatic carbocycles. The van der Waals surface area contributed by atoms with Gasteiger partial charge in [0.05, 0.1) is 19.9 Å². The second-order valence-electron chi connectivity index (χ2n) is 5.94. The summed E-state index contributed by atoms with van der Waals surface area (Å²) in [5.41, 5.74) is 15.6. The lowest BCUT2D eigenvalue weighted by molar-refractivity contribution is 0.349. The summed E-state index contributed by atoms with van der Waals surface area (Å²) in [4.78, 5) is 4.41. The van der Waals surface area contributed by atoms with E-state index in [1.54, 1.807) is 20.3 Å². The van der Waals surface area contributed by atoms with Gasteiger partial charge in [-0.05, 0) is 12.5 Å². The Morgan fingerprint density at radius 2 is 2.04 bits per heavy atom. The van der Waals surface area contributed by atoms with Crippen molar-refractivity contribution in [3.63, 3.8) is 0 Å². The fourth-order valence-corrected chi connectivity index (χ4v) is 3.06. The summed E-state index contributed by atoms with van der Waals surface area (Å²) >= 11 is 0. The topological polar surface area (TPSA) is 105 Å². The molecule has 0 fully saturated rings. The zero-order chi connectivity index (χ0) is 18.7. The number of nitrogens with one attached hydrogen (secondary N) is 1. The number of methoxy groups -OCH3 is 2. The Balaban J connectivity index is 2.06. The van der Waals surface area contributed by atoms with Gasteiger partial charge in [0.15, 0.2) is 11.5 Å². The fraction of sp³-hybridized carbons (Fsp3) is 0.316. The van der Waals surface area contributed by atoms with Crippen LogP contribution in [0.1, 0.15) is 23.1 Å². The molecule has 1 aliphatic rings. The van der Waals surface area contributed by atoms with Crippen LogP contribution in [0.2, 0.25) is 0 Å². The number of nitrogens with two attached hydrogens (primary N) is 2. The molecule has 0 saturated carbocycles. The van der Waals surface area contributed by atoms with E-state index >= 15 is 0 Å². The number of anilines is 2. The number of fused-ring (bicyclic) bond motifs is 2. The van der Waals surface area contributed by atoms with Crippen LogP contribution in [0.3, 0.4) is 0 Å². The highest BCUT2D eigenvalue weighted by atomic mass is 16.5. The fourth-order valence-electron chi connectivity index (χ4n) is 3.06. The van der Waals surface area contributed by atoms with Gasteiger partial charge >= 0.3 is 0 Å². The maximum atomic E-state index is 6.11. The molecule has 2 aromatic rings. The summed E-state index contributed by atoms with van der Waals surface area (Å²) in [5, 5.41) is 3.41. The predicted octanol–water partition coefficient (Wildman–Crippen LogP) is 2.82. The van der Waals surface area contributed by atoms with E-state index in [0.717, 1.165) is 35.3 Å². The van der Waals surface area contributed by atoms with Gasteiger partial charge < -0.3 is 31.0 Å². The highest BCUT2D eigenvalue weighted by molar-refractivity contribution is 5.71. The van der Waals surface area contributed by atoms with Gasteiger partial charge in [-0.1, -0.05) is 6.08 Å². The number of ether oxygens (including phenoxy) is 3. The molecule has 1 aliphatic heterocycles. The first kappa shape index (κ1) is 17.9. The van der Waals surface area contributed by atoms with Gasteiger partial charge in [0.2, 0.25) is 5.88 Å². The SMILES string of the molecule is C=CCCNc1c(CN)c(N)nc2c1Cc1cc(OC)c(OC)cc1O2. The largest absolute Gasteiger partial charge is 0.493 e. The van der Waals surface area contributed by atoms with Gasteiger partial charge in [0, 0.05) is 42.3 Å². The normalized spacial score (nSPS) is 11.8. The smallest absolute Gasteiger partial charge is 0.226 e. The van der Waals surface area contributed by atoms with Crippen molar-refractivity contribution in [2.75, 3.05) is 31.8 Å². The van der Waals surface area contributed by atoms with Crippen molar-refractivity contribution in [2.45, 2.75) is 19.4 Å². The molecule has 3 rings (SSSR count). The molecule has 138 valence electrons. The van der Waals surface area contributed by atoms with E-state index in [9.17, 15) is 0 Å². The highest BCUT2D eigenvalue weighted by Gasteiger charge is 2.26. The maximum Gasteiger partial charge on any atom is 0.226 e. The minimum Gasteiger partial charge on any atom is -0.493 e. The summed E-state index contributed by atoms with van der Waals surface area (Å²) in [6.07, 6.45) is 3.31.